The third-order valence-corrected chi connectivity index (χ3v) is 4.97. The van der Waals surface area contributed by atoms with Crippen molar-refractivity contribution in [2.45, 2.75) is 44.4 Å². The van der Waals surface area contributed by atoms with E-state index in [0.717, 1.165) is 18.4 Å². The molecule has 24 heavy (non-hydrogen) atoms. The highest BCUT2D eigenvalue weighted by Crippen LogP contribution is 2.31. The topological polar surface area (TPSA) is 50.8 Å². The third-order valence-electron chi connectivity index (χ3n) is 4.73. The molecular weight excluding hydrogens is 328 g/mol. The molecule has 0 aromatic heterocycles. The molecule has 132 valence electrons. The Morgan fingerprint density at radius 2 is 2.08 bits per heavy atom. The van der Waals surface area contributed by atoms with Gasteiger partial charge in [0.2, 0.25) is 0 Å². The van der Waals surface area contributed by atoms with Crippen LogP contribution in [0.4, 0.5) is 4.79 Å². The third kappa shape index (κ3) is 4.02. The van der Waals surface area contributed by atoms with Gasteiger partial charge in [-0.3, -0.25) is 0 Å². The fourth-order valence-corrected chi connectivity index (χ4v) is 3.41. The number of nitrogens with one attached hydrogen (secondary N) is 1. The number of hydrogen-bond acceptors (Lipinski definition) is 3. The summed E-state index contributed by atoms with van der Waals surface area (Å²) in [7, 11) is 0. The first-order chi connectivity index (χ1) is 11.5. The molecule has 1 unspecified atom stereocenters. The van der Waals surface area contributed by atoms with Crippen molar-refractivity contribution in [1.29, 1.82) is 0 Å². The van der Waals surface area contributed by atoms with Gasteiger partial charge in [-0.05, 0) is 44.4 Å². The zero-order chi connectivity index (χ0) is 17.2. The van der Waals surface area contributed by atoms with E-state index in [1.54, 1.807) is 0 Å². The molecular formula is C18H25ClN2O3. The molecule has 0 radical (unpaired) electrons. The summed E-state index contributed by atoms with van der Waals surface area (Å²) in [6.45, 7) is 6.49. The van der Waals surface area contributed by atoms with E-state index in [4.69, 9.17) is 21.1 Å². The van der Waals surface area contributed by atoms with Gasteiger partial charge >= 0.3 is 6.03 Å². The van der Waals surface area contributed by atoms with E-state index in [1.165, 1.54) is 0 Å². The van der Waals surface area contributed by atoms with E-state index < -0.39 is 0 Å². The molecule has 1 aromatic carbocycles. The number of halogens is 1. The number of morpholine rings is 1. The largest absolute Gasteiger partial charge is 0.381 e. The van der Waals surface area contributed by atoms with Crippen molar-refractivity contribution in [3.05, 3.63) is 34.9 Å². The molecule has 5 nitrogen and oxygen atoms in total. The second-order valence-corrected chi connectivity index (χ2v) is 7.55. The maximum Gasteiger partial charge on any atom is 0.318 e. The van der Waals surface area contributed by atoms with Gasteiger partial charge in [0.05, 0.1) is 18.7 Å². The molecule has 2 amide bonds. The minimum absolute atomic E-state index is 0.0257. The first-order valence-electron chi connectivity index (χ1n) is 8.49. The Balaban J connectivity index is 1.70. The predicted molar refractivity (Wildman–Crippen MR) is 93.3 cm³/mol. The van der Waals surface area contributed by atoms with Crippen LogP contribution in [0.15, 0.2) is 24.3 Å². The van der Waals surface area contributed by atoms with Crippen LogP contribution < -0.4 is 5.32 Å². The number of ether oxygens (including phenoxy) is 2. The van der Waals surface area contributed by atoms with Gasteiger partial charge in [0.25, 0.3) is 0 Å². The molecule has 1 aromatic rings. The van der Waals surface area contributed by atoms with Gasteiger partial charge in [-0.1, -0.05) is 23.7 Å². The molecule has 1 N–H and O–H groups in total. The van der Waals surface area contributed by atoms with E-state index >= 15 is 0 Å². The van der Waals surface area contributed by atoms with Crippen LogP contribution in [0.1, 0.15) is 38.4 Å². The quantitative estimate of drug-likeness (QED) is 0.887. The van der Waals surface area contributed by atoms with E-state index in [2.05, 4.69) is 5.32 Å². The Hall–Kier alpha value is -1.30. The zero-order valence-electron chi connectivity index (χ0n) is 14.3. The normalized spacial score (nSPS) is 24.6. The summed E-state index contributed by atoms with van der Waals surface area (Å²) >= 11 is 6.09. The second-order valence-electron chi connectivity index (χ2n) is 7.11. The lowest BCUT2D eigenvalue weighted by atomic mass is 9.98. The van der Waals surface area contributed by atoms with Crippen LogP contribution in [0.25, 0.3) is 0 Å². The van der Waals surface area contributed by atoms with E-state index in [1.807, 2.05) is 43.0 Å². The number of benzene rings is 1. The lowest BCUT2D eigenvalue weighted by molar-refractivity contribution is -0.0810. The number of nitrogens with zero attached hydrogens (tertiary/aromatic N) is 1. The van der Waals surface area contributed by atoms with Crippen LogP contribution in [-0.4, -0.2) is 48.9 Å². The van der Waals surface area contributed by atoms with Gasteiger partial charge in [-0.15, -0.1) is 0 Å². The van der Waals surface area contributed by atoms with Crippen molar-refractivity contribution in [2.24, 2.45) is 0 Å². The van der Waals surface area contributed by atoms with Crippen LogP contribution in [0.3, 0.4) is 0 Å². The smallest absolute Gasteiger partial charge is 0.318 e. The molecule has 0 aliphatic carbocycles. The Morgan fingerprint density at radius 1 is 1.33 bits per heavy atom. The highest BCUT2D eigenvalue weighted by molar-refractivity contribution is 6.30. The SMILES string of the molecule is CC1(C)COC(c2cccc(Cl)c2)CN1C(=O)NC1CCOCC1. The second kappa shape index (κ2) is 7.30. The summed E-state index contributed by atoms with van der Waals surface area (Å²) in [5.41, 5.74) is 0.659. The Labute approximate surface area is 148 Å². The van der Waals surface area contributed by atoms with E-state index in [9.17, 15) is 4.79 Å². The van der Waals surface area contributed by atoms with Crippen LogP contribution in [0.5, 0.6) is 0 Å². The molecule has 2 aliphatic heterocycles. The minimum atomic E-state index is -0.343. The van der Waals surface area contributed by atoms with Crippen molar-refractivity contribution < 1.29 is 14.3 Å². The standard InChI is InChI=1S/C18H25ClN2O3/c1-18(2)12-24-16(13-4-3-5-14(19)10-13)11-21(18)17(22)20-15-6-8-23-9-7-15/h3-5,10,15-16H,6-9,11-12H2,1-2H3,(H,20,22). The molecule has 2 aliphatic rings. The van der Waals surface area contributed by atoms with Crippen molar-refractivity contribution in [3.8, 4) is 0 Å². The Kier molecular flexibility index (Phi) is 5.33. The number of carbonyl (C=O) groups is 1. The van der Waals surface area contributed by atoms with Gasteiger partial charge in [0.15, 0.2) is 0 Å². The fraction of sp³-hybridized carbons (Fsp3) is 0.611. The summed E-state index contributed by atoms with van der Waals surface area (Å²) in [5.74, 6) is 0. The molecule has 1 atom stereocenters. The number of hydrogen-bond donors (Lipinski definition) is 1. The average molecular weight is 353 g/mol. The van der Waals surface area contributed by atoms with Gasteiger partial charge < -0.3 is 19.7 Å². The molecule has 0 saturated carbocycles. The first kappa shape index (κ1) is 17.5. The lowest BCUT2D eigenvalue weighted by Crippen LogP contribution is -2.60. The highest BCUT2D eigenvalue weighted by Gasteiger charge is 2.39. The average Bonchev–Trinajstić information content (AvgIpc) is 2.55. The first-order valence-corrected chi connectivity index (χ1v) is 8.86. The zero-order valence-corrected chi connectivity index (χ0v) is 15.0. The van der Waals surface area contributed by atoms with Crippen LogP contribution in [0.2, 0.25) is 5.02 Å². The highest BCUT2D eigenvalue weighted by atomic mass is 35.5. The number of rotatable bonds is 2. The van der Waals surface area contributed by atoms with Gasteiger partial charge in [-0.25, -0.2) is 4.79 Å². The Bertz CT molecular complexity index is 587. The Morgan fingerprint density at radius 3 is 2.79 bits per heavy atom. The van der Waals surface area contributed by atoms with E-state index in [-0.39, 0.29) is 23.7 Å². The lowest BCUT2D eigenvalue weighted by Gasteiger charge is -2.45. The number of carbonyl (C=O) groups excluding carboxylic acids is 1. The summed E-state index contributed by atoms with van der Waals surface area (Å²) in [5, 5.41) is 3.83. The van der Waals surface area contributed by atoms with Crippen molar-refractivity contribution in [1.82, 2.24) is 10.2 Å². The maximum absolute atomic E-state index is 12.8. The van der Waals surface area contributed by atoms with Crippen LogP contribution in [-0.2, 0) is 9.47 Å². The molecule has 2 saturated heterocycles. The monoisotopic (exact) mass is 352 g/mol. The fourth-order valence-electron chi connectivity index (χ4n) is 3.21. The van der Waals surface area contributed by atoms with E-state index in [0.29, 0.717) is 31.4 Å². The molecule has 2 heterocycles. The summed E-state index contributed by atoms with van der Waals surface area (Å²) in [6, 6.07) is 7.81. The number of urea groups is 1. The van der Waals surface area contributed by atoms with Crippen molar-refractivity contribution >= 4 is 17.6 Å². The molecule has 0 spiro atoms. The minimum Gasteiger partial charge on any atom is -0.381 e. The molecule has 6 heteroatoms. The van der Waals surface area contributed by atoms with Crippen LogP contribution in [0, 0.1) is 0 Å². The summed E-state index contributed by atoms with van der Waals surface area (Å²) in [4.78, 5) is 14.7. The predicted octanol–water partition coefficient (Wildman–Crippen LogP) is 3.38. The maximum atomic E-state index is 12.8. The number of amides is 2. The molecule has 2 fully saturated rings. The van der Waals surface area contributed by atoms with Gasteiger partial charge in [-0.2, -0.15) is 0 Å². The van der Waals surface area contributed by atoms with Crippen molar-refractivity contribution in [2.75, 3.05) is 26.4 Å². The van der Waals surface area contributed by atoms with Crippen LogP contribution >= 0.6 is 11.6 Å². The van der Waals surface area contributed by atoms with Crippen molar-refractivity contribution in [3.63, 3.8) is 0 Å². The summed E-state index contributed by atoms with van der Waals surface area (Å²) < 4.78 is 11.4. The molecule has 3 rings (SSSR count). The van der Waals surface area contributed by atoms with Gasteiger partial charge in [0.1, 0.15) is 6.10 Å². The summed E-state index contributed by atoms with van der Waals surface area (Å²) in [6.07, 6.45) is 1.58. The van der Waals surface area contributed by atoms with Gasteiger partial charge in [0, 0.05) is 24.3 Å². The molecule has 0 bridgehead atoms.